The lowest BCUT2D eigenvalue weighted by Crippen LogP contribution is -2.35. The maximum absolute atomic E-state index is 5.22. The molecule has 92 valence electrons. The minimum Gasteiger partial charge on any atom is -0.331 e. The molecule has 0 amide bonds. The second-order valence-corrected chi connectivity index (χ2v) is 3.81. The molecule has 0 aromatic heterocycles. The van der Waals surface area contributed by atoms with Crippen LogP contribution in [0.4, 0.5) is 0 Å². The maximum Gasteiger partial charge on any atom is 0.282 e. The summed E-state index contributed by atoms with van der Waals surface area (Å²) >= 11 is 0. The summed E-state index contributed by atoms with van der Waals surface area (Å²) in [6.45, 7) is 2.23. The largest absolute Gasteiger partial charge is 0.331 e. The van der Waals surface area contributed by atoms with Crippen molar-refractivity contribution in [2.75, 3.05) is 21.3 Å². The highest BCUT2D eigenvalue weighted by atomic mass is 16.9. The fraction of sp³-hybridized carbons (Fsp3) is 1.00. The summed E-state index contributed by atoms with van der Waals surface area (Å²) in [4.78, 5) is 0. The van der Waals surface area contributed by atoms with Crippen LogP contribution in [0.15, 0.2) is 0 Å². The van der Waals surface area contributed by atoms with Crippen LogP contribution in [0, 0.1) is 0 Å². The Hall–Kier alpha value is -0.120. The molecule has 0 aromatic carbocycles. The minimum atomic E-state index is -0.829. The molecule has 0 atom stereocenters. The molecule has 0 spiro atoms. The fourth-order valence-electron chi connectivity index (χ4n) is 1.68. The summed E-state index contributed by atoms with van der Waals surface area (Å²) < 4.78 is 15.7. The number of unbranched alkanes of at least 4 members (excludes halogenated alkanes) is 5. The van der Waals surface area contributed by atoms with E-state index in [0.717, 1.165) is 12.8 Å². The molecule has 0 aliphatic rings. The molecule has 0 bridgehead atoms. The van der Waals surface area contributed by atoms with E-state index in [4.69, 9.17) is 14.2 Å². The van der Waals surface area contributed by atoms with Gasteiger partial charge in [0, 0.05) is 27.8 Å². The monoisotopic (exact) mass is 218 g/mol. The normalized spacial score (nSPS) is 12.0. The summed E-state index contributed by atoms with van der Waals surface area (Å²) in [5, 5.41) is 0. The van der Waals surface area contributed by atoms with Crippen molar-refractivity contribution < 1.29 is 14.2 Å². The second kappa shape index (κ2) is 9.13. The Balaban J connectivity index is 3.54. The Morgan fingerprint density at radius 2 is 1.20 bits per heavy atom. The van der Waals surface area contributed by atoms with Crippen LogP contribution < -0.4 is 0 Å². The molecule has 0 aliphatic carbocycles. The van der Waals surface area contributed by atoms with Crippen LogP contribution in [0.2, 0.25) is 0 Å². The predicted octanol–water partition coefficient (Wildman–Crippen LogP) is 3.33. The van der Waals surface area contributed by atoms with Gasteiger partial charge in [-0.3, -0.25) is 0 Å². The third kappa shape index (κ3) is 6.13. The van der Waals surface area contributed by atoms with E-state index in [9.17, 15) is 0 Å². The lowest BCUT2D eigenvalue weighted by molar-refractivity contribution is -0.355. The quantitative estimate of drug-likeness (QED) is 0.416. The predicted molar refractivity (Wildman–Crippen MR) is 61.8 cm³/mol. The van der Waals surface area contributed by atoms with E-state index in [1.165, 1.54) is 32.1 Å². The van der Waals surface area contributed by atoms with Crippen molar-refractivity contribution in [1.29, 1.82) is 0 Å². The van der Waals surface area contributed by atoms with E-state index >= 15 is 0 Å². The average molecular weight is 218 g/mol. The Morgan fingerprint density at radius 3 is 1.67 bits per heavy atom. The summed E-state index contributed by atoms with van der Waals surface area (Å²) in [6.07, 6.45) is 8.35. The van der Waals surface area contributed by atoms with Crippen molar-refractivity contribution in [2.45, 2.75) is 57.8 Å². The van der Waals surface area contributed by atoms with Gasteiger partial charge in [-0.05, 0) is 6.42 Å². The van der Waals surface area contributed by atoms with Crippen molar-refractivity contribution in [2.24, 2.45) is 0 Å². The van der Waals surface area contributed by atoms with Crippen LogP contribution in [0.1, 0.15) is 51.9 Å². The fourth-order valence-corrected chi connectivity index (χ4v) is 1.68. The van der Waals surface area contributed by atoms with Crippen molar-refractivity contribution >= 4 is 0 Å². The smallest absolute Gasteiger partial charge is 0.282 e. The Labute approximate surface area is 94.1 Å². The van der Waals surface area contributed by atoms with E-state index in [1.54, 1.807) is 21.3 Å². The molecule has 0 aromatic rings. The molecule has 15 heavy (non-hydrogen) atoms. The molecule has 3 nitrogen and oxygen atoms in total. The molecule has 0 aliphatic heterocycles. The van der Waals surface area contributed by atoms with Gasteiger partial charge in [-0.15, -0.1) is 0 Å². The van der Waals surface area contributed by atoms with Crippen LogP contribution in [0.25, 0.3) is 0 Å². The first-order chi connectivity index (χ1) is 7.24. The first-order valence-corrected chi connectivity index (χ1v) is 5.90. The van der Waals surface area contributed by atoms with Gasteiger partial charge >= 0.3 is 0 Å². The van der Waals surface area contributed by atoms with Gasteiger partial charge in [0.2, 0.25) is 0 Å². The van der Waals surface area contributed by atoms with Gasteiger partial charge in [0.05, 0.1) is 0 Å². The van der Waals surface area contributed by atoms with Gasteiger partial charge in [-0.25, -0.2) is 0 Å². The van der Waals surface area contributed by atoms with Gasteiger partial charge in [0.25, 0.3) is 5.97 Å². The molecule has 0 fully saturated rings. The highest BCUT2D eigenvalue weighted by Crippen LogP contribution is 2.21. The van der Waals surface area contributed by atoms with Gasteiger partial charge in [-0.1, -0.05) is 39.0 Å². The number of hydrogen-bond donors (Lipinski definition) is 0. The molecule has 3 heteroatoms. The lowest BCUT2D eigenvalue weighted by Gasteiger charge is -2.28. The van der Waals surface area contributed by atoms with Crippen molar-refractivity contribution in [3.8, 4) is 0 Å². The minimum absolute atomic E-state index is 0.794. The highest BCUT2D eigenvalue weighted by molar-refractivity contribution is 4.56. The van der Waals surface area contributed by atoms with E-state index in [1.807, 2.05) is 0 Å². The first kappa shape index (κ1) is 14.9. The zero-order valence-corrected chi connectivity index (χ0v) is 10.7. The molecule has 0 N–H and O–H groups in total. The van der Waals surface area contributed by atoms with E-state index in [-0.39, 0.29) is 0 Å². The van der Waals surface area contributed by atoms with E-state index in [2.05, 4.69) is 6.92 Å². The standard InChI is InChI=1S/C12H26O3/c1-5-6-7-8-9-10-11-12(13-2,14-3)15-4/h5-11H2,1-4H3. The summed E-state index contributed by atoms with van der Waals surface area (Å²) in [5.74, 6) is -0.829. The zero-order chi connectivity index (χ0) is 11.6. The number of methoxy groups -OCH3 is 3. The van der Waals surface area contributed by atoms with Crippen LogP contribution >= 0.6 is 0 Å². The molecule has 0 saturated carbocycles. The molecule has 0 unspecified atom stereocenters. The summed E-state index contributed by atoms with van der Waals surface area (Å²) in [7, 11) is 4.85. The van der Waals surface area contributed by atoms with Gasteiger partial charge in [0.15, 0.2) is 0 Å². The molecular weight excluding hydrogens is 192 g/mol. The number of rotatable bonds is 10. The van der Waals surface area contributed by atoms with E-state index in [0.29, 0.717) is 0 Å². The first-order valence-electron chi connectivity index (χ1n) is 5.90. The van der Waals surface area contributed by atoms with E-state index < -0.39 is 5.97 Å². The number of ether oxygens (including phenoxy) is 3. The van der Waals surface area contributed by atoms with Crippen molar-refractivity contribution in [3.63, 3.8) is 0 Å². The maximum atomic E-state index is 5.22. The van der Waals surface area contributed by atoms with Crippen LogP contribution in [0.3, 0.4) is 0 Å². The third-order valence-electron chi connectivity index (χ3n) is 2.77. The topological polar surface area (TPSA) is 27.7 Å². The number of hydrogen-bond acceptors (Lipinski definition) is 3. The highest BCUT2D eigenvalue weighted by Gasteiger charge is 2.28. The molecule has 0 radical (unpaired) electrons. The Kier molecular flexibility index (Phi) is 9.06. The van der Waals surface area contributed by atoms with Crippen LogP contribution in [-0.2, 0) is 14.2 Å². The summed E-state index contributed by atoms with van der Waals surface area (Å²) in [6, 6.07) is 0. The third-order valence-corrected chi connectivity index (χ3v) is 2.77. The molecule has 0 rings (SSSR count). The van der Waals surface area contributed by atoms with Gasteiger partial charge < -0.3 is 14.2 Å². The van der Waals surface area contributed by atoms with Crippen molar-refractivity contribution in [1.82, 2.24) is 0 Å². The second-order valence-electron chi connectivity index (χ2n) is 3.81. The van der Waals surface area contributed by atoms with Gasteiger partial charge in [-0.2, -0.15) is 0 Å². The SMILES string of the molecule is CCCCCCCCC(OC)(OC)OC. The average Bonchev–Trinajstić information content (AvgIpc) is 2.29. The Morgan fingerprint density at radius 1 is 0.733 bits per heavy atom. The summed E-state index contributed by atoms with van der Waals surface area (Å²) in [5.41, 5.74) is 0. The van der Waals surface area contributed by atoms with Crippen molar-refractivity contribution in [3.05, 3.63) is 0 Å². The molecule has 0 heterocycles. The molecular formula is C12H26O3. The Bertz CT molecular complexity index is 125. The zero-order valence-electron chi connectivity index (χ0n) is 10.7. The molecule has 0 saturated heterocycles. The van der Waals surface area contributed by atoms with Gasteiger partial charge in [0.1, 0.15) is 0 Å². The lowest BCUT2D eigenvalue weighted by atomic mass is 10.1. The van der Waals surface area contributed by atoms with Crippen LogP contribution in [-0.4, -0.2) is 27.3 Å². The van der Waals surface area contributed by atoms with Crippen LogP contribution in [0.5, 0.6) is 0 Å².